The standard InChI is InChI=1S/C16H17N3S/c1-11(17)10-12-6-2-5-9-15(12)20-16-18-13-7-3-4-8-14(13)19-16/h2-9,11H,10,17H2,1H3,(H,18,19). The van der Waals surface area contributed by atoms with Crippen LogP contribution in [0.1, 0.15) is 12.5 Å². The molecule has 1 atom stereocenters. The summed E-state index contributed by atoms with van der Waals surface area (Å²) in [5, 5.41) is 0.920. The smallest absolute Gasteiger partial charge is 0.171 e. The van der Waals surface area contributed by atoms with Gasteiger partial charge in [-0.3, -0.25) is 0 Å². The maximum Gasteiger partial charge on any atom is 0.171 e. The van der Waals surface area contributed by atoms with Gasteiger partial charge < -0.3 is 10.7 Å². The summed E-state index contributed by atoms with van der Waals surface area (Å²) < 4.78 is 0. The third kappa shape index (κ3) is 2.86. The number of nitrogens with two attached hydrogens (primary N) is 1. The number of para-hydroxylation sites is 2. The normalized spacial score (nSPS) is 12.7. The van der Waals surface area contributed by atoms with Crippen LogP contribution in [0.5, 0.6) is 0 Å². The molecule has 1 unspecified atom stereocenters. The molecule has 1 heterocycles. The lowest BCUT2D eigenvalue weighted by Gasteiger charge is -2.09. The van der Waals surface area contributed by atoms with Crippen molar-refractivity contribution in [1.29, 1.82) is 0 Å². The highest BCUT2D eigenvalue weighted by Crippen LogP contribution is 2.30. The lowest BCUT2D eigenvalue weighted by Crippen LogP contribution is -2.18. The first-order valence-electron chi connectivity index (χ1n) is 6.68. The van der Waals surface area contributed by atoms with Gasteiger partial charge in [-0.1, -0.05) is 42.1 Å². The van der Waals surface area contributed by atoms with Crippen molar-refractivity contribution in [2.24, 2.45) is 5.73 Å². The van der Waals surface area contributed by atoms with E-state index in [1.54, 1.807) is 11.8 Å². The molecule has 3 rings (SSSR count). The van der Waals surface area contributed by atoms with Gasteiger partial charge in [0.25, 0.3) is 0 Å². The summed E-state index contributed by atoms with van der Waals surface area (Å²) >= 11 is 1.66. The van der Waals surface area contributed by atoms with E-state index < -0.39 is 0 Å². The molecule has 0 aliphatic heterocycles. The van der Waals surface area contributed by atoms with Crippen molar-refractivity contribution in [1.82, 2.24) is 9.97 Å². The molecule has 0 spiro atoms. The summed E-state index contributed by atoms with van der Waals surface area (Å²) in [4.78, 5) is 9.16. The van der Waals surface area contributed by atoms with Crippen LogP contribution in [0.25, 0.3) is 11.0 Å². The van der Waals surface area contributed by atoms with Crippen molar-refractivity contribution in [2.45, 2.75) is 29.4 Å². The zero-order chi connectivity index (χ0) is 13.9. The molecule has 0 saturated heterocycles. The molecule has 0 amide bonds. The number of nitrogens with zero attached hydrogens (tertiary/aromatic N) is 1. The van der Waals surface area contributed by atoms with E-state index in [-0.39, 0.29) is 6.04 Å². The minimum absolute atomic E-state index is 0.160. The van der Waals surface area contributed by atoms with E-state index in [4.69, 9.17) is 5.73 Å². The lowest BCUT2D eigenvalue weighted by molar-refractivity contribution is 0.729. The average molecular weight is 283 g/mol. The van der Waals surface area contributed by atoms with E-state index in [2.05, 4.69) is 34.2 Å². The van der Waals surface area contributed by atoms with Gasteiger partial charge in [-0.2, -0.15) is 0 Å². The van der Waals surface area contributed by atoms with Crippen molar-refractivity contribution < 1.29 is 0 Å². The highest BCUT2D eigenvalue weighted by atomic mass is 32.2. The molecule has 0 saturated carbocycles. The second-order valence-electron chi connectivity index (χ2n) is 4.95. The predicted octanol–water partition coefficient (Wildman–Crippen LogP) is 3.60. The fourth-order valence-electron chi connectivity index (χ4n) is 2.20. The van der Waals surface area contributed by atoms with Crippen LogP contribution in [0.4, 0.5) is 0 Å². The number of H-pyrrole nitrogens is 1. The number of hydrogen-bond donors (Lipinski definition) is 2. The molecule has 20 heavy (non-hydrogen) atoms. The fraction of sp³-hybridized carbons (Fsp3) is 0.188. The van der Waals surface area contributed by atoms with E-state index in [9.17, 15) is 0 Å². The summed E-state index contributed by atoms with van der Waals surface area (Å²) in [5.74, 6) is 0. The zero-order valence-corrected chi connectivity index (χ0v) is 12.2. The number of nitrogens with one attached hydrogen (secondary N) is 1. The van der Waals surface area contributed by atoms with Crippen LogP contribution in [0.3, 0.4) is 0 Å². The van der Waals surface area contributed by atoms with Crippen molar-refractivity contribution in [3.05, 3.63) is 54.1 Å². The third-order valence-electron chi connectivity index (χ3n) is 3.09. The quantitative estimate of drug-likeness (QED) is 0.769. The van der Waals surface area contributed by atoms with Gasteiger partial charge in [0.2, 0.25) is 0 Å². The first-order valence-corrected chi connectivity index (χ1v) is 7.50. The van der Waals surface area contributed by atoms with Crippen LogP contribution < -0.4 is 5.73 Å². The molecular weight excluding hydrogens is 266 g/mol. The third-order valence-corrected chi connectivity index (χ3v) is 4.09. The number of aromatic nitrogens is 2. The molecule has 3 nitrogen and oxygen atoms in total. The van der Waals surface area contributed by atoms with Gasteiger partial charge >= 0.3 is 0 Å². The molecule has 4 heteroatoms. The van der Waals surface area contributed by atoms with Gasteiger partial charge in [0.1, 0.15) is 0 Å². The van der Waals surface area contributed by atoms with Crippen LogP contribution in [0, 0.1) is 0 Å². The first kappa shape index (κ1) is 13.2. The highest BCUT2D eigenvalue weighted by molar-refractivity contribution is 7.99. The summed E-state index contributed by atoms with van der Waals surface area (Å²) in [5.41, 5.74) is 9.26. The molecule has 2 aromatic carbocycles. The summed E-state index contributed by atoms with van der Waals surface area (Å²) in [6.45, 7) is 2.03. The molecule has 102 valence electrons. The molecule has 3 aromatic rings. The van der Waals surface area contributed by atoms with Crippen LogP contribution in [-0.4, -0.2) is 16.0 Å². The average Bonchev–Trinajstić information content (AvgIpc) is 2.82. The lowest BCUT2D eigenvalue weighted by atomic mass is 10.1. The summed E-state index contributed by atoms with van der Waals surface area (Å²) in [7, 11) is 0. The maximum absolute atomic E-state index is 5.92. The van der Waals surface area contributed by atoms with Crippen LogP contribution >= 0.6 is 11.8 Å². The highest BCUT2D eigenvalue weighted by Gasteiger charge is 2.09. The maximum atomic E-state index is 5.92. The summed E-state index contributed by atoms with van der Waals surface area (Å²) in [6, 6.07) is 16.6. The van der Waals surface area contributed by atoms with Gasteiger partial charge in [-0.05, 0) is 37.1 Å². The van der Waals surface area contributed by atoms with Gasteiger partial charge in [-0.15, -0.1) is 0 Å². The van der Waals surface area contributed by atoms with Crippen molar-refractivity contribution in [2.75, 3.05) is 0 Å². The molecule has 0 radical (unpaired) electrons. The topological polar surface area (TPSA) is 54.7 Å². The Bertz CT molecular complexity index is 685. The van der Waals surface area contributed by atoms with Crippen molar-refractivity contribution in [3.8, 4) is 0 Å². The van der Waals surface area contributed by atoms with Crippen molar-refractivity contribution in [3.63, 3.8) is 0 Å². The number of benzene rings is 2. The molecule has 1 aromatic heterocycles. The largest absolute Gasteiger partial charge is 0.333 e. The second kappa shape index (κ2) is 5.69. The molecule has 0 aliphatic rings. The Morgan fingerprint density at radius 3 is 2.70 bits per heavy atom. The minimum Gasteiger partial charge on any atom is -0.333 e. The van der Waals surface area contributed by atoms with E-state index in [0.29, 0.717) is 0 Å². The Kier molecular flexibility index (Phi) is 3.76. The van der Waals surface area contributed by atoms with Crippen LogP contribution in [0.15, 0.2) is 58.6 Å². The van der Waals surface area contributed by atoms with E-state index in [0.717, 1.165) is 22.6 Å². The molecule has 0 bridgehead atoms. The van der Waals surface area contributed by atoms with E-state index in [1.807, 2.05) is 31.2 Å². The van der Waals surface area contributed by atoms with Gasteiger partial charge in [0.15, 0.2) is 5.16 Å². The number of imidazole rings is 1. The van der Waals surface area contributed by atoms with Gasteiger partial charge in [-0.25, -0.2) is 4.98 Å². The molecule has 3 N–H and O–H groups in total. The minimum atomic E-state index is 0.160. The Morgan fingerprint density at radius 1 is 1.15 bits per heavy atom. The van der Waals surface area contributed by atoms with E-state index in [1.165, 1.54) is 10.5 Å². The SMILES string of the molecule is CC(N)Cc1ccccc1Sc1nc2ccccc2[nH]1. The van der Waals surface area contributed by atoms with Crippen LogP contribution in [0.2, 0.25) is 0 Å². The van der Waals surface area contributed by atoms with Crippen molar-refractivity contribution >= 4 is 22.8 Å². The van der Waals surface area contributed by atoms with E-state index >= 15 is 0 Å². The molecule has 0 aliphatic carbocycles. The van der Waals surface area contributed by atoms with Crippen LogP contribution in [-0.2, 0) is 6.42 Å². The Hall–Kier alpha value is -1.78. The first-order chi connectivity index (χ1) is 9.72. The number of aromatic amines is 1. The monoisotopic (exact) mass is 283 g/mol. The fourth-order valence-corrected chi connectivity index (χ4v) is 3.14. The Morgan fingerprint density at radius 2 is 1.90 bits per heavy atom. The van der Waals surface area contributed by atoms with Gasteiger partial charge in [0, 0.05) is 10.9 Å². The van der Waals surface area contributed by atoms with Gasteiger partial charge in [0.05, 0.1) is 11.0 Å². The number of rotatable bonds is 4. The molecular formula is C16H17N3S. The summed E-state index contributed by atoms with van der Waals surface area (Å²) in [6.07, 6.45) is 0.878. The molecule has 0 fully saturated rings. The number of hydrogen-bond acceptors (Lipinski definition) is 3. The predicted molar refractivity (Wildman–Crippen MR) is 84.0 cm³/mol. The zero-order valence-electron chi connectivity index (χ0n) is 11.3. The number of fused-ring (bicyclic) bond motifs is 1. The second-order valence-corrected chi connectivity index (χ2v) is 5.98. The Labute approximate surface area is 122 Å². The Balaban J connectivity index is 1.90.